The third-order valence-corrected chi connectivity index (χ3v) is 4.83. The molecule has 2 unspecified atom stereocenters. The maximum atomic E-state index is 4.24. The molecular formula is C12H20BrN3. The van der Waals surface area contributed by atoms with Crippen molar-refractivity contribution in [3.63, 3.8) is 0 Å². The van der Waals surface area contributed by atoms with Crippen LogP contribution in [0.2, 0.25) is 0 Å². The average molecular weight is 286 g/mol. The van der Waals surface area contributed by atoms with Gasteiger partial charge >= 0.3 is 0 Å². The minimum Gasteiger partial charge on any atom is -0.334 e. The van der Waals surface area contributed by atoms with Crippen LogP contribution in [0.25, 0.3) is 0 Å². The van der Waals surface area contributed by atoms with Gasteiger partial charge in [-0.2, -0.15) is 0 Å². The topological polar surface area (TPSA) is 21.1 Å². The van der Waals surface area contributed by atoms with Crippen molar-refractivity contribution in [1.82, 2.24) is 14.5 Å². The molecule has 0 radical (unpaired) electrons. The molecule has 1 aromatic rings. The number of imidazole rings is 1. The Hall–Kier alpha value is -0.350. The zero-order chi connectivity index (χ0) is 11.5. The van der Waals surface area contributed by atoms with Crippen LogP contribution in [0.5, 0.6) is 0 Å². The minimum atomic E-state index is 0.707. The molecule has 0 bridgehead atoms. The second-order valence-corrected chi connectivity index (χ2v) is 5.93. The molecule has 0 aromatic carbocycles. The van der Waals surface area contributed by atoms with Crippen molar-refractivity contribution in [2.45, 2.75) is 31.6 Å². The molecule has 2 heterocycles. The molecule has 0 spiro atoms. The number of aromatic nitrogens is 2. The highest BCUT2D eigenvalue weighted by molar-refractivity contribution is 9.09. The molecule has 1 saturated heterocycles. The van der Waals surface area contributed by atoms with Crippen molar-refractivity contribution in [2.24, 2.45) is 5.92 Å². The number of nitrogens with zero attached hydrogens (tertiary/aromatic N) is 3. The molecule has 0 saturated carbocycles. The summed E-state index contributed by atoms with van der Waals surface area (Å²) in [6, 6.07) is 0. The Kier molecular flexibility index (Phi) is 4.03. The summed E-state index contributed by atoms with van der Waals surface area (Å²) in [5.74, 6) is 1.88. The highest BCUT2D eigenvalue weighted by Crippen LogP contribution is 2.23. The highest BCUT2D eigenvalue weighted by atomic mass is 79.9. The van der Waals surface area contributed by atoms with Crippen LogP contribution in [0.4, 0.5) is 0 Å². The fraction of sp³-hybridized carbons (Fsp3) is 0.750. The standard InChI is InChI=1S/C12H20BrN3/c1-10-9-15(5-3-12(10)13)7-8-16-6-4-14-11(16)2/h4,6,10,12H,3,5,7-9H2,1-2H3. The van der Waals surface area contributed by atoms with E-state index < -0.39 is 0 Å². The number of aryl methyl sites for hydroxylation is 1. The number of rotatable bonds is 3. The first-order chi connectivity index (χ1) is 7.66. The first kappa shape index (κ1) is 12.1. The van der Waals surface area contributed by atoms with Crippen LogP contribution in [-0.4, -0.2) is 38.9 Å². The van der Waals surface area contributed by atoms with Gasteiger partial charge in [0, 0.05) is 36.9 Å². The molecular weight excluding hydrogens is 266 g/mol. The van der Waals surface area contributed by atoms with E-state index in [1.165, 1.54) is 19.5 Å². The van der Waals surface area contributed by atoms with Crippen LogP contribution in [0.15, 0.2) is 12.4 Å². The molecule has 1 aliphatic rings. The molecule has 90 valence electrons. The van der Waals surface area contributed by atoms with Gasteiger partial charge in [0.25, 0.3) is 0 Å². The zero-order valence-corrected chi connectivity index (χ0v) is 11.7. The Labute approximate surface area is 106 Å². The second kappa shape index (κ2) is 5.32. The van der Waals surface area contributed by atoms with Crippen molar-refractivity contribution in [3.8, 4) is 0 Å². The summed E-state index contributed by atoms with van der Waals surface area (Å²) in [5, 5.41) is 0. The van der Waals surface area contributed by atoms with Crippen molar-refractivity contribution in [2.75, 3.05) is 19.6 Å². The van der Waals surface area contributed by atoms with Gasteiger partial charge in [0.05, 0.1) is 0 Å². The fourth-order valence-electron chi connectivity index (χ4n) is 2.30. The molecule has 0 N–H and O–H groups in total. The predicted molar refractivity (Wildman–Crippen MR) is 69.9 cm³/mol. The molecule has 1 aromatic heterocycles. The molecule has 3 nitrogen and oxygen atoms in total. The van der Waals surface area contributed by atoms with E-state index in [0.29, 0.717) is 4.83 Å². The number of halogens is 1. The largest absolute Gasteiger partial charge is 0.334 e. The van der Waals surface area contributed by atoms with E-state index in [9.17, 15) is 0 Å². The van der Waals surface area contributed by atoms with E-state index in [1.54, 1.807) is 0 Å². The summed E-state index contributed by atoms with van der Waals surface area (Å²) in [7, 11) is 0. The first-order valence-corrected chi connectivity index (χ1v) is 6.92. The van der Waals surface area contributed by atoms with Crippen LogP contribution in [0.1, 0.15) is 19.2 Å². The Morgan fingerprint density at radius 1 is 1.50 bits per heavy atom. The van der Waals surface area contributed by atoms with Crippen LogP contribution in [0, 0.1) is 12.8 Å². The lowest BCUT2D eigenvalue weighted by molar-refractivity contribution is 0.184. The molecule has 4 heteroatoms. The maximum Gasteiger partial charge on any atom is 0.105 e. The first-order valence-electron chi connectivity index (χ1n) is 6.01. The predicted octanol–water partition coefficient (Wildman–Crippen LogP) is 2.30. The Morgan fingerprint density at radius 3 is 2.94 bits per heavy atom. The number of alkyl halides is 1. The van der Waals surface area contributed by atoms with Crippen LogP contribution >= 0.6 is 15.9 Å². The number of hydrogen-bond donors (Lipinski definition) is 0. The number of hydrogen-bond acceptors (Lipinski definition) is 2. The minimum absolute atomic E-state index is 0.707. The Bertz CT molecular complexity index is 337. The van der Waals surface area contributed by atoms with Gasteiger partial charge in [0.2, 0.25) is 0 Å². The van der Waals surface area contributed by atoms with Crippen LogP contribution in [-0.2, 0) is 6.54 Å². The van der Waals surface area contributed by atoms with E-state index in [2.05, 4.69) is 50.4 Å². The highest BCUT2D eigenvalue weighted by Gasteiger charge is 2.23. The molecule has 1 aliphatic heterocycles. The lowest BCUT2D eigenvalue weighted by Crippen LogP contribution is -2.41. The van der Waals surface area contributed by atoms with E-state index in [0.717, 1.165) is 24.8 Å². The van der Waals surface area contributed by atoms with Crippen molar-refractivity contribution in [1.29, 1.82) is 0 Å². The summed E-state index contributed by atoms with van der Waals surface area (Å²) < 4.78 is 2.23. The Balaban J connectivity index is 1.81. The summed E-state index contributed by atoms with van der Waals surface area (Å²) in [4.78, 5) is 7.51. The van der Waals surface area contributed by atoms with Gasteiger partial charge in [-0.1, -0.05) is 22.9 Å². The van der Waals surface area contributed by atoms with Crippen LogP contribution < -0.4 is 0 Å². The molecule has 1 fully saturated rings. The van der Waals surface area contributed by atoms with Crippen LogP contribution in [0.3, 0.4) is 0 Å². The van der Waals surface area contributed by atoms with Gasteiger partial charge in [-0.05, 0) is 25.8 Å². The summed E-state index contributed by atoms with van der Waals surface area (Å²) in [6.07, 6.45) is 5.21. The van der Waals surface area contributed by atoms with Crippen molar-refractivity contribution >= 4 is 15.9 Å². The van der Waals surface area contributed by atoms with E-state index in [4.69, 9.17) is 0 Å². The van der Waals surface area contributed by atoms with Gasteiger partial charge in [-0.15, -0.1) is 0 Å². The second-order valence-electron chi connectivity index (χ2n) is 4.75. The third kappa shape index (κ3) is 2.86. The van der Waals surface area contributed by atoms with Gasteiger partial charge in [-0.3, -0.25) is 0 Å². The zero-order valence-electron chi connectivity index (χ0n) is 10.1. The molecule has 2 atom stereocenters. The van der Waals surface area contributed by atoms with E-state index in [1.807, 2.05) is 6.20 Å². The summed E-state index contributed by atoms with van der Waals surface area (Å²) in [5.41, 5.74) is 0. The van der Waals surface area contributed by atoms with Gasteiger partial charge in [0.15, 0.2) is 0 Å². The third-order valence-electron chi connectivity index (χ3n) is 3.47. The smallest absolute Gasteiger partial charge is 0.105 e. The molecule has 16 heavy (non-hydrogen) atoms. The van der Waals surface area contributed by atoms with E-state index in [-0.39, 0.29) is 0 Å². The summed E-state index contributed by atoms with van der Waals surface area (Å²) in [6.45, 7) is 9.02. The summed E-state index contributed by atoms with van der Waals surface area (Å²) >= 11 is 3.74. The Morgan fingerprint density at radius 2 is 2.31 bits per heavy atom. The SMILES string of the molecule is Cc1nccn1CCN1CCC(Br)C(C)C1. The maximum absolute atomic E-state index is 4.24. The number of likely N-dealkylation sites (tertiary alicyclic amines) is 1. The molecule has 0 amide bonds. The molecule has 2 rings (SSSR count). The molecule has 0 aliphatic carbocycles. The average Bonchev–Trinajstić information content (AvgIpc) is 2.66. The van der Waals surface area contributed by atoms with Crippen molar-refractivity contribution in [3.05, 3.63) is 18.2 Å². The van der Waals surface area contributed by atoms with Gasteiger partial charge in [0.1, 0.15) is 5.82 Å². The van der Waals surface area contributed by atoms with Gasteiger partial charge in [-0.25, -0.2) is 4.98 Å². The van der Waals surface area contributed by atoms with E-state index >= 15 is 0 Å². The monoisotopic (exact) mass is 285 g/mol. The fourth-order valence-corrected chi connectivity index (χ4v) is 2.67. The lowest BCUT2D eigenvalue weighted by atomic mass is 10.0. The van der Waals surface area contributed by atoms with Crippen molar-refractivity contribution < 1.29 is 0 Å². The lowest BCUT2D eigenvalue weighted by Gasteiger charge is -2.34. The normalized spacial score (nSPS) is 27.2. The quantitative estimate of drug-likeness (QED) is 0.795. The number of piperidine rings is 1. The van der Waals surface area contributed by atoms with Gasteiger partial charge < -0.3 is 9.47 Å².